The Kier molecular flexibility index (Phi) is 9.17. The first-order valence-corrected chi connectivity index (χ1v) is 5.14. The molecule has 0 aromatic heterocycles. The summed E-state index contributed by atoms with van der Waals surface area (Å²) >= 11 is 0. The standard InChI is InChI=1S/C9H21N.C2H6/c1-6-7-10(5)8-9(2,3)4;1-2/h6-8H2,1-5H3;1-2H3. The van der Waals surface area contributed by atoms with Gasteiger partial charge in [0.05, 0.1) is 0 Å². The molecule has 0 spiro atoms. The molecule has 0 amide bonds. The van der Waals surface area contributed by atoms with Crippen LogP contribution < -0.4 is 0 Å². The first-order valence-electron chi connectivity index (χ1n) is 5.14. The van der Waals surface area contributed by atoms with Crippen LogP contribution in [0.3, 0.4) is 0 Å². The van der Waals surface area contributed by atoms with Crippen LogP contribution in [0.2, 0.25) is 0 Å². The van der Waals surface area contributed by atoms with Crippen molar-refractivity contribution in [3.05, 3.63) is 0 Å². The maximum absolute atomic E-state index is 2.39. The van der Waals surface area contributed by atoms with Crippen molar-refractivity contribution in [1.29, 1.82) is 0 Å². The van der Waals surface area contributed by atoms with Gasteiger partial charge in [0.25, 0.3) is 0 Å². The molecule has 0 N–H and O–H groups in total. The van der Waals surface area contributed by atoms with Gasteiger partial charge in [-0.1, -0.05) is 41.5 Å². The summed E-state index contributed by atoms with van der Waals surface area (Å²) in [7, 11) is 2.19. The molecule has 0 fully saturated rings. The highest BCUT2D eigenvalue weighted by Crippen LogP contribution is 2.13. The van der Waals surface area contributed by atoms with Crippen molar-refractivity contribution >= 4 is 0 Å². The highest BCUT2D eigenvalue weighted by Gasteiger charge is 2.11. The highest BCUT2D eigenvalue weighted by atomic mass is 15.1. The molecule has 1 nitrogen and oxygen atoms in total. The molecule has 0 aliphatic heterocycles. The van der Waals surface area contributed by atoms with E-state index in [1.54, 1.807) is 0 Å². The lowest BCUT2D eigenvalue weighted by molar-refractivity contribution is 0.227. The number of hydrogen-bond acceptors (Lipinski definition) is 1. The molecule has 0 heterocycles. The van der Waals surface area contributed by atoms with E-state index in [2.05, 4.69) is 39.6 Å². The zero-order chi connectivity index (χ0) is 10.2. The van der Waals surface area contributed by atoms with Crippen LogP contribution in [0.1, 0.15) is 48.0 Å². The van der Waals surface area contributed by atoms with Crippen molar-refractivity contribution in [3.8, 4) is 0 Å². The Labute approximate surface area is 79.2 Å². The van der Waals surface area contributed by atoms with Crippen LogP contribution in [-0.4, -0.2) is 25.0 Å². The van der Waals surface area contributed by atoms with Gasteiger partial charge in [-0.15, -0.1) is 0 Å². The van der Waals surface area contributed by atoms with Gasteiger partial charge in [-0.2, -0.15) is 0 Å². The Balaban J connectivity index is 0. The maximum atomic E-state index is 2.39. The zero-order valence-corrected chi connectivity index (χ0v) is 10.1. The van der Waals surface area contributed by atoms with E-state index in [0.29, 0.717) is 5.41 Å². The van der Waals surface area contributed by atoms with Crippen molar-refractivity contribution in [3.63, 3.8) is 0 Å². The second-order valence-corrected chi connectivity index (χ2v) is 4.30. The lowest BCUT2D eigenvalue weighted by Gasteiger charge is -2.25. The van der Waals surface area contributed by atoms with E-state index in [-0.39, 0.29) is 0 Å². The third-order valence-corrected chi connectivity index (χ3v) is 1.35. The molecular weight excluding hydrogens is 146 g/mol. The minimum absolute atomic E-state index is 0.448. The molecule has 0 aliphatic carbocycles. The van der Waals surface area contributed by atoms with Crippen LogP contribution in [0.4, 0.5) is 0 Å². The van der Waals surface area contributed by atoms with Crippen molar-refractivity contribution < 1.29 is 0 Å². The number of hydrogen-bond donors (Lipinski definition) is 0. The van der Waals surface area contributed by atoms with E-state index in [4.69, 9.17) is 0 Å². The van der Waals surface area contributed by atoms with Gasteiger partial charge in [-0.05, 0) is 25.4 Å². The molecule has 0 bridgehead atoms. The molecular formula is C11H27N. The van der Waals surface area contributed by atoms with Gasteiger partial charge >= 0.3 is 0 Å². The highest BCUT2D eigenvalue weighted by molar-refractivity contribution is 4.65. The zero-order valence-electron chi connectivity index (χ0n) is 10.1. The Hall–Kier alpha value is -0.0400. The summed E-state index contributed by atoms with van der Waals surface area (Å²) < 4.78 is 0. The van der Waals surface area contributed by atoms with Crippen LogP contribution in [0.15, 0.2) is 0 Å². The van der Waals surface area contributed by atoms with Gasteiger partial charge in [0.1, 0.15) is 0 Å². The minimum Gasteiger partial charge on any atom is -0.306 e. The summed E-state index contributed by atoms with van der Waals surface area (Å²) in [5.41, 5.74) is 0.448. The van der Waals surface area contributed by atoms with E-state index in [1.165, 1.54) is 19.5 Å². The van der Waals surface area contributed by atoms with E-state index in [1.807, 2.05) is 13.8 Å². The Morgan fingerprint density at radius 3 is 1.75 bits per heavy atom. The summed E-state index contributed by atoms with van der Waals surface area (Å²) in [5, 5.41) is 0. The molecule has 0 radical (unpaired) electrons. The van der Waals surface area contributed by atoms with E-state index in [9.17, 15) is 0 Å². The summed E-state index contributed by atoms with van der Waals surface area (Å²) in [5.74, 6) is 0. The minimum atomic E-state index is 0.448. The van der Waals surface area contributed by atoms with Gasteiger partial charge in [0.15, 0.2) is 0 Å². The van der Waals surface area contributed by atoms with Gasteiger partial charge in [-0.3, -0.25) is 0 Å². The molecule has 0 atom stereocenters. The predicted molar refractivity (Wildman–Crippen MR) is 58.6 cm³/mol. The van der Waals surface area contributed by atoms with E-state index in [0.717, 1.165) is 0 Å². The molecule has 0 rings (SSSR count). The third-order valence-electron chi connectivity index (χ3n) is 1.35. The van der Waals surface area contributed by atoms with Gasteiger partial charge < -0.3 is 4.90 Å². The maximum Gasteiger partial charge on any atom is 0.00270 e. The first kappa shape index (κ1) is 14.5. The van der Waals surface area contributed by atoms with Crippen LogP contribution in [0, 0.1) is 5.41 Å². The second-order valence-electron chi connectivity index (χ2n) is 4.30. The van der Waals surface area contributed by atoms with Crippen molar-refractivity contribution in [2.75, 3.05) is 20.1 Å². The number of rotatable bonds is 3. The fraction of sp³-hybridized carbons (Fsp3) is 1.00. The first-order chi connectivity index (χ1) is 5.45. The molecule has 0 aromatic carbocycles. The fourth-order valence-corrected chi connectivity index (χ4v) is 1.27. The summed E-state index contributed by atoms with van der Waals surface area (Å²) in [6.45, 7) is 15.5. The molecule has 0 saturated carbocycles. The normalized spacial score (nSPS) is 11.0. The SMILES string of the molecule is CC.CCCN(C)CC(C)(C)C. The quantitative estimate of drug-likeness (QED) is 0.632. The van der Waals surface area contributed by atoms with Crippen molar-refractivity contribution in [2.24, 2.45) is 5.41 Å². The largest absolute Gasteiger partial charge is 0.306 e. The number of nitrogens with zero attached hydrogens (tertiary/aromatic N) is 1. The van der Waals surface area contributed by atoms with Crippen LogP contribution >= 0.6 is 0 Å². The lowest BCUT2D eigenvalue weighted by Crippen LogP contribution is -2.29. The van der Waals surface area contributed by atoms with Gasteiger partial charge in [-0.25, -0.2) is 0 Å². The van der Waals surface area contributed by atoms with Crippen molar-refractivity contribution in [1.82, 2.24) is 4.90 Å². The Morgan fingerprint density at radius 1 is 1.08 bits per heavy atom. The van der Waals surface area contributed by atoms with Crippen LogP contribution in [0.5, 0.6) is 0 Å². The molecule has 1 heteroatoms. The summed E-state index contributed by atoms with van der Waals surface area (Å²) in [6.07, 6.45) is 1.26. The predicted octanol–water partition coefficient (Wildman–Crippen LogP) is 3.40. The monoisotopic (exact) mass is 173 g/mol. The molecule has 12 heavy (non-hydrogen) atoms. The average Bonchev–Trinajstić information content (AvgIpc) is 1.88. The third kappa shape index (κ3) is 12.6. The lowest BCUT2D eigenvalue weighted by atomic mass is 9.96. The molecule has 76 valence electrons. The topological polar surface area (TPSA) is 3.24 Å². The summed E-state index contributed by atoms with van der Waals surface area (Å²) in [4.78, 5) is 2.39. The molecule has 0 unspecified atom stereocenters. The molecule has 0 aromatic rings. The smallest absolute Gasteiger partial charge is 0.00270 e. The van der Waals surface area contributed by atoms with Crippen molar-refractivity contribution in [2.45, 2.75) is 48.0 Å². The van der Waals surface area contributed by atoms with E-state index < -0.39 is 0 Å². The van der Waals surface area contributed by atoms with Gasteiger partial charge in [0, 0.05) is 6.54 Å². The van der Waals surface area contributed by atoms with E-state index >= 15 is 0 Å². The molecule has 0 aliphatic rings. The second kappa shape index (κ2) is 7.60. The van der Waals surface area contributed by atoms with Gasteiger partial charge in [0.2, 0.25) is 0 Å². The Morgan fingerprint density at radius 2 is 1.50 bits per heavy atom. The van der Waals surface area contributed by atoms with Crippen LogP contribution in [-0.2, 0) is 0 Å². The Bertz CT molecular complexity index is 81.5. The summed E-state index contributed by atoms with van der Waals surface area (Å²) in [6, 6.07) is 0. The fourth-order valence-electron chi connectivity index (χ4n) is 1.27. The average molecular weight is 173 g/mol. The molecule has 0 saturated heterocycles. The van der Waals surface area contributed by atoms with Crippen LogP contribution in [0.25, 0.3) is 0 Å².